The lowest BCUT2D eigenvalue weighted by Gasteiger charge is -2.21. The number of rotatable bonds is 5. The fraction of sp³-hybridized carbons (Fsp3) is 0.250. The summed E-state index contributed by atoms with van der Waals surface area (Å²) in [6, 6.07) is 23.5. The normalized spacial score (nSPS) is 15.8. The van der Waals surface area contributed by atoms with Crippen LogP contribution < -0.4 is 9.80 Å². The third-order valence-electron chi connectivity index (χ3n) is 6.85. The third-order valence-corrected chi connectivity index (χ3v) is 6.85. The molecule has 0 radical (unpaired) electrons. The van der Waals surface area contributed by atoms with E-state index in [0.29, 0.717) is 13.0 Å². The van der Waals surface area contributed by atoms with Gasteiger partial charge in [0.15, 0.2) is 0 Å². The lowest BCUT2D eigenvalue weighted by molar-refractivity contribution is -0.119. The summed E-state index contributed by atoms with van der Waals surface area (Å²) in [5.74, 6) is 0.753. The molecule has 0 N–H and O–H groups in total. The minimum absolute atomic E-state index is 0.0358. The molecule has 6 nitrogen and oxygen atoms in total. The van der Waals surface area contributed by atoms with Crippen molar-refractivity contribution in [2.45, 2.75) is 32.7 Å². The van der Waals surface area contributed by atoms with Crippen LogP contribution in [0.25, 0.3) is 11.0 Å². The van der Waals surface area contributed by atoms with Crippen molar-refractivity contribution in [3.8, 4) is 0 Å². The molecule has 1 atom stereocenters. The van der Waals surface area contributed by atoms with Crippen molar-refractivity contribution in [1.82, 2.24) is 9.55 Å². The number of hydrogen-bond acceptors (Lipinski definition) is 3. The minimum Gasteiger partial charge on any atom is -0.318 e. The van der Waals surface area contributed by atoms with Crippen molar-refractivity contribution < 1.29 is 9.59 Å². The summed E-state index contributed by atoms with van der Waals surface area (Å²) in [5, 5.41) is 0. The van der Waals surface area contributed by atoms with Gasteiger partial charge in [0.05, 0.1) is 11.0 Å². The van der Waals surface area contributed by atoms with Gasteiger partial charge in [-0.1, -0.05) is 42.5 Å². The maximum atomic E-state index is 13.3. The molecule has 5 rings (SSSR count). The van der Waals surface area contributed by atoms with E-state index in [1.54, 1.807) is 11.9 Å². The number of carbonyl (C=O) groups excluding carboxylic acids is 2. The van der Waals surface area contributed by atoms with E-state index in [4.69, 9.17) is 4.98 Å². The van der Waals surface area contributed by atoms with E-state index in [9.17, 15) is 9.59 Å². The molecule has 0 aliphatic carbocycles. The van der Waals surface area contributed by atoms with Crippen LogP contribution in [0.1, 0.15) is 29.3 Å². The first-order valence-corrected chi connectivity index (χ1v) is 11.6. The van der Waals surface area contributed by atoms with Crippen LogP contribution in [0.5, 0.6) is 0 Å². The minimum atomic E-state index is -0.0883. The number of nitrogens with zero attached hydrogens (tertiary/aromatic N) is 4. The second-order valence-corrected chi connectivity index (χ2v) is 8.96. The van der Waals surface area contributed by atoms with Crippen molar-refractivity contribution in [3.05, 3.63) is 89.7 Å². The second-order valence-electron chi connectivity index (χ2n) is 8.96. The Balaban J connectivity index is 1.48. The molecule has 1 aromatic heterocycles. The van der Waals surface area contributed by atoms with E-state index < -0.39 is 0 Å². The fourth-order valence-corrected chi connectivity index (χ4v) is 4.75. The zero-order valence-corrected chi connectivity index (χ0v) is 19.7. The summed E-state index contributed by atoms with van der Waals surface area (Å²) in [6.45, 7) is 4.83. The van der Waals surface area contributed by atoms with Gasteiger partial charge in [-0.3, -0.25) is 9.59 Å². The Morgan fingerprint density at radius 1 is 1.00 bits per heavy atom. The summed E-state index contributed by atoms with van der Waals surface area (Å²) in [6.07, 6.45) is 0.374. The van der Waals surface area contributed by atoms with Crippen LogP contribution in [0.3, 0.4) is 0 Å². The second kappa shape index (κ2) is 8.78. The third kappa shape index (κ3) is 3.85. The van der Waals surface area contributed by atoms with Gasteiger partial charge in [-0.25, -0.2) is 4.98 Å². The molecule has 2 heterocycles. The van der Waals surface area contributed by atoms with Gasteiger partial charge in [0.25, 0.3) is 0 Å². The summed E-state index contributed by atoms with van der Waals surface area (Å²) < 4.78 is 1.99. The van der Waals surface area contributed by atoms with Gasteiger partial charge in [-0.15, -0.1) is 0 Å². The number of benzene rings is 3. The molecule has 0 saturated carbocycles. The van der Waals surface area contributed by atoms with Crippen LogP contribution in [-0.4, -0.2) is 35.0 Å². The van der Waals surface area contributed by atoms with E-state index in [1.807, 2.05) is 76.2 Å². The van der Waals surface area contributed by atoms with Gasteiger partial charge >= 0.3 is 0 Å². The zero-order chi connectivity index (χ0) is 23.8. The molecule has 1 unspecified atom stereocenters. The van der Waals surface area contributed by atoms with Crippen molar-refractivity contribution in [3.63, 3.8) is 0 Å². The molecular formula is C28H28N4O2. The number of hydrogen-bond donors (Lipinski definition) is 0. The van der Waals surface area contributed by atoms with Gasteiger partial charge in [0.2, 0.25) is 11.8 Å². The topological polar surface area (TPSA) is 58.4 Å². The van der Waals surface area contributed by atoms with Crippen LogP contribution in [0.2, 0.25) is 0 Å². The quantitative estimate of drug-likeness (QED) is 0.436. The summed E-state index contributed by atoms with van der Waals surface area (Å²) in [5.41, 5.74) is 5.82. The highest BCUT2D eigenvalue weighted by Crippen LogP contribution is 2.35. The Morgan fingerprint density at radius 2 is 1.74 bits per heavy atom. The average Bonchev–Trinajstić information content (AvgIpc) is 3.41. The van der Waals surface area contributed by atoms with Crippen LogP contribution in [0.4, 0.5) is 11.4 Å². The van der Waals surface area contributed by atoms with Crippen molar-refractivity contribution in [2.24, 2.45) is 0 Å². The van der Waals surface area contributed by atoms with Crippen molar-refractivity contribution >= 4 is 34.2 Å². The summed E-state index contributed by atoms with van der Waals surface area (Å²) in [7, 11) is 1.79. The van der Waals surface area contributed by atoms with E-state index in [2.05, 4.69) is 19.9 Å². The van der Waals surface area contributed by atoms with E-state index in [-0.39, 0.29) is 24.3 Å². The van der Waals surface area contributed by atoms with Gasteiger partial charge in [-0.05, 0) is 55.3 Å². The van der Waals surface area contributed by atoms with E-state index in [1.165, 1.54) is 0 Å². The number of anilines is 2. The average molecular weight is 453 g/mol. The lowest BCUT2D eigenvalue weighted by Crippen LogP contribution is -2.31. The Bertz CT molecular complexity index is 1380. The van der Waals surface area contributed by atoms with Gasteiger partial charge in [0.1, 0.15) is 12.4 Å². The Labute approximate surface area is 199 Å². The molecule has 1 saturated heterocycles. The number of likely N-dealkylation sites (N-methyl/N-ethyl adjacent to an activating group) is 1. The van der Waals surface area contributed by atoms with Crippen LogP contribution >= 0.6 is 0 Å². The molecule has 172 valence electrons. The maximum absolute atomic E-state index is 13.3. The molecule has 4 aromatic rings. The van der Waals surface area contributed by atoms with E-state index in [0.717, 1.165) is 39.4 Å². The van der Waals surface area contributed by atoms with Crippen LogP contribution in [-0.2, 0) is 16.1 Å². The number of carbonyl (C=O) groups is 2. The number of amides is 2. The molecule has 1 fully saturated rings. The molecule has 34 heavy (non-hydrogen) atoms. The molecule has 3 aromatic carbocycles. The Hall–Kier alpha value is -3.93. The first-order valence-electron chi connectivity index (χ1n) is 11.6. The smallest absolute Gasteiger partial charge is 0.246 e. The highest BCUT2D eigenvalue weighted by Gasteiger charge is 2.36. The highest BCUT2D eigenvalue weighted by molar-refractivity contribution is 5.97. The predicted octanol–water partition coefficient (Wildman–Crippen LogP) is 4.84. The molecule has 0 bridgehead atoms. The molecule has 1 aliphatic rings. The largest absolute Gasteiger partial charge is 0.318 e. The maximum Gasteiger partial charge on any atom is 0.246 e. The van der Waals surface area contributed by atoms with Gasteiger partial charge < -0.3 is 14.4 Å². The summed E-state index contributed by atoms with van der Waals surface area (Å²) >= 11 is 0. The number of fused-ring (bicyclic) bond motifs is 1. The first kappa shape index (κ1) is 21.9. The van der Waals surface area contributed by atoms with Crippen LogP contribution in [0, 0.1) is 13.8 Å². The van der Waals surface area contributed by atoms with Crippen LogP contribution in [0.15, 0.2) is 72.8 Å². The fourth-order valence-electron chi connectivity index (χ4n) is 4.75. The highest BCUT2D eigenvalue weighted by atomic mass is 16.2. The zero-order valence-electron chi connectivity index (χ0n) is 19.7. The molecule has 6 heteroatoms. The SMILES string of the molecule is Cc1cccc(N2CC(c3nc4ccccc4n3CC(=O)N(C)c3ccccc3)CC2=O)c1C. The van der Waals surface area contributed by atoms with Gasteiger partial charge in [0, 0.05) is 37.3 Å². The standard InChI is InChI=1S/C28H28N4O2/c1-19-10-9-15-24(20(19)2)31-17-21(16-26(31)33)28-29-23-13-7-8-14-25(23)32(28)18-27(34)30(3)22-11-5-4-6-12-22/h4-15,21H,16-18H2,1-3H3. The Kier molecular flexibility index (Phi) is 5.65. The molecule has 0 spiro atoms. The van der Waals surface area contributed by atoms with Crippen molar-refractivity contribution in [2.75, 3.05) is 23.4 Å². The first-order chi connectivity index (χ1) is 16.4. The predicted molar refractivity (Wildman–Crippen MR) is 135 cm³/mol. The summed E-state index contributed by atoms with van der Waals surface area (Å²) in [4.78, 5) is 34.8. The molecule has 2 amide bonds. The monoisotopic (exact) mass is 452 g/mol. The van der Waals surface area contributed by atoms with E-state index >= 15 is 0 Å². The number of aromatic nitrogens is 2. The number of aryl methyl sites for hydroxylation is 1. The lowest BCUT2D eigenvalue weighted by atomic mass is 10.1. The number of para-hydroxylation sites is 3. The van der Waals surface area contributed by atoms with Crippen molar-refractivity contribution in [1.29, 1.82) is 0 Å². The Morgan fingerprint density at radius 3 is 2.53 bits per heavy atom. The number of imidazole rings is 1. The molecule has 1 aliphatic heterocycles. The molecular weight excluding hydrogens is 424 g/mol. The van der Waals surface area contributed by atoms with Gasteiger partial charge in [-0.2, -0.15) is 0 Å².